The van der Waals surface area contributed by atoms with Gasteiger partial charge in [-0.2, -0.15) is 0 Å². The van der Waals surface area contributed by atoms with E-state index in [-0.39, 0.29) is 0 Å². The van der Waals surface area contributed by atoms with Crippen LogP contribution >= 0.6 is 0 Å². The van der Waals surface area contributed by atoms with Crippen molar-refractivity contribution in [2.75, 3.05) is 40.9 Å². The molecule has 3 nitrogen and oxygen atoms in total. The van der Waals surface area contributed by atoms with E-state index < -0.39 is 0 Å². The summed E-state index contributed by atoms with van der Waals surface area (Å²) in [5.41, 5.74) is 0. The first-order chi connectivity index (χ1) is 6.76. The van der Waals surface area contributed by atoms with Crippen molar-refractivity contribution < 1.29 is 4.74 Å². The number of methoxy groups -OCH3 is 1. The Kier molecular flexibility index (Phi) is 9.35. The maximum atomic E-state index is 5.20. The summed E-state index contributed by atoms with van der Waals surface area (Å²) in [6.07, 6.45) is 3.90. The minimum atomic E-state index is 0.502. The van der Waals surface area contributed by atoms with E-state index in [9.17, 15) is 0 Å². The molecule has 86 valence electrons. The third-order valence-electron chi connectivity index (χ3n) is 2.54. The lowest BCUT2D eigenvalue weighted by Gasteiger charge is -2.27. The second-order valence-corrected chi connectivity index (χ2v) is 3.85. The molecule has 0 aromatic rings. The predicted octanol–water partition coefficient (Wildman–Crippen LogP) is 1.34. The summed E-state index contributed by atoms with van der Waals surface area (Å²) < 4.78 is 5.20. The van der Waals surface area contributed by atoms with Gasteiger partial charge >= 0.3 is 0 Å². The normalized spacial score (nSPS) is 13.5. The fourth-order valence-corrected chi connectivity index (χ4v) is 1.56. The Morgan fingerprint density at radius 3 is 2.57 bits per heavy atom. The van der Waals surface area contributed by atoms with E-state index in [0.717, 1.165) is 13.2 Å². The Morgan fingerprint density at radius 2 is 2.07 bits per heavy atom. The molecule has 0 aliphatic rings. The Balaban J connectivity index is 3.69. The summed E-state index contributed by atoms with van der Waals surface area (Å²) in [4.78, 5) is 2.38. The number of nitrogens with zero attached hydrogens (tertiary/aromatic N) is 1. The summed E-state index contributed by atoms with van der Waals surface area (Å²) >= 11 is 0. The van der Waals surface area contributed by atoms with Gasteiger partial charge in [-0.15, -0.1) is 0 Å². The lowest BCUT2D eigenvalue weighted by atomic mass is 10.2. The summed E-state index contributed by atoms with van der Waals surface area (Å²) in [6.45, 7) is 5.21. The average molecular weight is 202 g/mol. The second kappa shape index (κ2) is 9.44. The SMILES string of the molecule is CCCCCN(C)C(CNC)COC. The van der Waals surface area contributed by atoms with Crippen molar-refractivity contribution in [3.8, 4) is 0 Å². The van der Waals surface area contributed by atoms with E-state index in [0.29, 0.717) is 6.04 Å². The lowest BCUT2D eigenvalue weighted by molar-refractivity contribution is 0.105. The number of likely N-dealkylation sites (N-methyl/N-ethyl adjacent to an activating group) is 2. The quantitative estimate of drug-likeness (QED) is 0.571. The summed E-state index contributed by atoms with van der Waals surface area (Å²) in [5.74, 6) is 0. The van der Waals surface area contributed by atoms with Gasteiger partial charge in [0.25, 0.3) is 0 Å². The molecular formula is C11H26N2O. The van der Waals surface area contributed by atoms with Crippen molar-refractivity contribution in [1.29, 1.82) is 0 Å². The van der Waals surface area contributed by atoms with E-state index in [4.69, 9.17) is 4.74 Å². The van der Waals surface area contributed by atoms with Crippen molar-refractivity contribution >= 4 is 0 Å². The highest BCUT2D eigenvalue weighted by atomic mass is 16.5. The first-order valence-corrected chi connectivity index (χ1v) is 5.60. The Morgan fingerprint density at radius 1 is 1.36 bits per heavy atom. The molecule has 0 saturated heterocycles. The maximum absolute atomic E-state index is 5.20. The topological polar surface area (TPSA) is 24.5 Å². The van der Waals surface area contributed by atoms with Crippen LogP contribution < -0.4 is 5.32 Å². The fraction of sp³-hybridized carbons (Fsp3) is 1.00. The highest BCUT2D eigenvalue weighted by molar-refractivity contribution is 4.69. The van der Waals surface area contributed by atoms with Gasteiger partial charge in [-0.05, 0) is 27.1 Å². The molecule has 0 radical (unpaired) electrons. The monoisotopic (exact) mass is 202 g/mol. The third kappa shape index (κ3) is 6.35. The van der Waals surface area contributed by atoms with Crippen LogP contribution in [0.25, 0.3) is 0 Å². The molecule has 3 heteroatoms. The molecule has 0 heterocycles. The van der Waals surface area contributed by atoms with Gasteiger partial charge in [0.1, 0.15) is 0 Å². The molecule has 1 unspecified atom stereocenters. The largest absolute Gasteiger partial charge is 0.383 e. The van der Waals surface area contributed by atoms with Crippen LogP contribution in [-0.2, 0) is 4.74 Å². The average Bonchev–Trinajstić information content (AvgIpc) is 2.18. The zero-order chi connectivity index (χ0) is 10.8. The van der Waals surface area contributed by atoms with Crippen LogP contribution in [0.4, 0.5) is 0 Å². The zero-order valence-corrected chi connectivity index (χ0v) is 10.2. The zero-order valence-electron chi connectivity index (χ0n) is 10.2. The van der Waals surface area contributed by atoms with Crippen LogP contribution in [0.3, 0.4) is 0 Å². The molecular weight excluding hydrogens is 176 g/mol. The van der Waals surface area contributed by atoms with Gasteiger partial charge in [0, 0.05) is 19.7 Å². The number of unbranched alkanes of at least 4 members (excludes halogenated alkanes) is 2. The smallest absolute Gasteiger partial charge is 0.0630 e. The van der Waals surface area contributed by atoms with Crippen molar-refractivity contribution in [3.63, 3.8) is 0 Å². The summed E-state index contributed by atoms with van der Waals surface area (Å²) in [5, 5.41) is 3.20. The van der Waals surface area contributed by atoms with Crippen LogP contribution in [0.5, 0.6) is 0 Å². The van der Waals surface area contributed by atoms with Crippen LogP contribution in [0, 0.1) is 0 Å². The summed E-state index contributed by atoms with van der Waals surface area (Å²) in [7, 11) is 5.93. The molecule has 0 rings (SSSR count). The highest BCUT2D eigenvalue weighted by Crippen LogP contribution is 2.01. The molecule has 0 saturated carbocycles. The first-order valence-electron chi connectivity index (χ1n) is 5.60. The van der Waals surface area contributed by atoms with Crippen molar-refractivity contribution in [2.24, 2.45) is 0 Å². The highest BCUT2D eigenvalue weighted by Gasteiger charge is 2.12. The van der Waals surface area contributed by atoms with Crippen molar-refractivity contribution in [1.82, 2.24) is 10.2 Å². The molecule has 0 fully saturated rings. The van der Waals surface area contributed by atoms with Crippen molar-refractivity contribution in [2.45, 2.75) is 32.2 Å². The van der Waals surface area contributed by atoms with E-state index in [1.54, 1.807) is 7.11 Å². The minimum absolute atomic E-state index is 0.502. The molecule has 1 N–H and O–H groups in total. The van der Waals surface area contributed by atoms with Crippen LogP contribution in [-0.4, -0.2) is 51.8 Å². The molecule has 0 bridgehead atoms. The predicted molar refractivity (Wildman–Crippen MR) is 61.7 cm³/mol. The first kappa shape index (κ1) is 13.9. The molecule has 0 amide bonds. The molecule has 0 aromatic carbocycles. The van der Waals surface area contributed by atoms with E-state index in [2.05, 4.69) is 24.2 Å². The Labute approximate surface area is 88.8 Å². The lowest BCUT2D eigenvalue weighted by Crippen LogP contribution is -2.42. The van der Waals surface area contributed by atoms with Crippen LogP contribution in [0.1, 0.15) is 26.2 Å². The van der Waals surface area contributed by atoms with Gasteiger partial charge in [0.2, 0.25) is 0 Å². The van der Waals surface area contributed by atoms with Gasteiger partial charge in [0.05, 0.1) is 6.61 Å². The van der Waals surface area contributed by atoms with E-state index >= 15 is 0 Å². The van der Waals surface area contributed by atoms with Crippen molar-refractivity contribution in [3.05, 3.63) is 0 Å². The standard InChI is InChI=1S/C11H26N2O/c1-5-6-7-8-13(3)11(9-12-2)10-14-4/h11-12H,5-10H2,1-4H3. The van der Waals surface area contributed by atoms with Gasteiger partial charge < -0.3 is 10.1 Å². The Bertz CT molecular complexity index is 114. The van der Waals surface area contributed by atoms with E-state index in [1.165, 1.54) is 25.8 Å². The summed E-state index contributed by atoms with van der Waals surface area (Å²) in [6, 6.07) is 0.502. The molecule has 0 aromatic heterocycles. The molecule has 0 spiro atoms. The second-order valence-electron chi connectivity index (χ2n) is 3.85. The number of hydrogen-bond donors (Lipinski definition) is 1. The molecule has 1 atom stereocenters. The van der Waals surface area contributed by atoms with Gasteiger partial charge in [-0.25, -0.2) is 0 Å². The number of nitrogens with one attached hydrogen (secondary N) is 1. The van der Waals surface area contributed by atoms with E-state index in [1.807, 2.05) is 7.05 Å². The maximum Gasteiger partial charge on any atom is 0.0630 e. The van der Waals surface area contributed by atoms with Crippen LogP contribution in [0.15, 0.2) is 0 Å². The number of ether oxygens (including phenoxy) is 1. The Hall–Kier alpha value is -0.120. The van der Waals surface area contributed by atoms with Gasteiger partial charge in [-0.1, -0.05) is 19.8 Å². The number of hydrogen-bond acceptors (Lipinski definition) is 3. The number of rotatable bonds is 9. The third-order valence-corrected chi connectivity index (χ3v) is 2.54. The fourth-order valence-electron chi connectivity index (χ4n) is 1.56. The molecule has 0 aliphatic heterocycles. The molecule has 14 heavy (non-hydrogen) atoms. The van der Waals surface area contributed by atoms with Gasteiger partial charge in [-0.3, -0.25) is 4.90 Å². The molecule has 0 aliphatic carbocycles. The minimum Gasteiger partial charge on any atom is -0.383 e. The van der Waals surface area contributed by atoms with Gasteiger partial charge in [0.15, 0.2) is 0 Å². The van der Waals surface area contributed by atoms with Crippen LogP contribution in [0.2, 0.25) is 0 Å².